The Kier molecular flexibility index (Phi) is 4.95. The highest BCUT2D eigenvalue weighted by atomic mass is 35.5. The van der Waals surface area contributed by atoms with E-state index in [1.807, 2.05) is 0 Å². The van der Waals surface area contributed by atoms with Crippen LogP contribution in [0.15, 0.2) is 66.7 Å². The lowest BCUT2D eigenvalue weighted by Gasteiger charge is -2.12. The maximum atomic E-state index is 13.7. The van der Waals surface area contributed by atoms with E-state index >= 15 is 0 Å². The van der Waals surface area contributed by atoms with Crippen LogP contribution in [0.4, 0.5) is 14.5 Å². The molecule has 3 aromatic carbocycles. The summed E-state index contributed by atoms with van der Waals surface area (Å²) in [5.41, 5.74) is -0.379. The number of anilines is 1. The van der Waals surface area contributed by atoms with Gasteiger partial charge in [0.2, 0.25) is 0 Å². The molecular formula is C19H12ClF2NO2. The molecule has 25 heavy (non-hydrogen) atoms. The van der Waals surface area contributed by atoms with Crippen molar-refractivity contribution in [2.24, 2.45) is 0 Å². The fourth-order valence-electron chi connectivity index (χ4n) is 2.20. The molecule has 0 aliphatic rings. The lowest BCUT2D eigenvalue weighted by atomic mass is 10.1. The molecule has 3 rings (SSSR count). The van der Waals surface area contributed by atoms with Gasteiger partial charge in [0, 0.05) is 5.02 Å². The Hall–Kier alpha value is -2.92. The third-order valence-electron chi connectivity index (χ3n) is 3.36. The van der Waals surface area contributed by atoms with E-state index in [2.05, 4.69) is 5.32 Å². The Bertz CT molecular complexity index is 911. The topological polar surface area (TPSA) is 38.3 Å². The third kappa shape index (κ3) is 3.95. The monoisotopic (exact) mass is 359 g/mol. The van der Waals surface area contributed by atoms with Gasteiger partial charge in [0.25, 0.3) is 5.91 Å². The summed E-state index contributed by atoms with van der Waals surface area (Å²) in [6.45, 7) is 0. The molecule has 3 aromatic rings. The molecule has 3 nitrogen and oxygen atoms in total. The van der Waals surface area contributed by atoms with Gasteiger partial charge in [-0.05, 0) is 42.5 Å². The van der Waals surface area contributed by atoms with Crippen LogP contribution in [-0.2, 0) is 0 Å². The normalized spacial score (nSPS) is 10.4. The fourth-order valence-corrected chi connectivity index (χ4v) is 2.38. The minimum absolute atomic E-state index is 0.130. The summed E-state index contributed by atoms with van der Waals surface area (Å²) in [6, 6.07) is 16.4. The summed E-state index contributed by atoms with van der Waals surface area (Å²) in [6.07, 6.45) is 0. The highest BCUT2D eigenvalue weighted by Gasteiger charge is 2.17. The quantitative estimate of drug-likeness (QED) is 0.652. The molecule has 0 saturated heterocycles. The van der Waals surface area contributed by atoms with E-state index in [9.17, 15) is 13.6 Å². The summed E-state index contributed by atoms with van der Waals surface area (Å²) in [5, 5.41) is 2.72. The number of ether oxygens (including phenoxy) is 1. The molecule has 0 saturated carbocycles. The first kappa shape index (κ1) is 16.9. The maximum Gasteiger partial charge on any atom is 0.259 e. The van der Waals surface area contributed by atoms with Crippen molar-refractivity contribution in [3.63, 3.8) is 0 Å². The molecule has 6 heteroatoms. The van der Waals surface area contributed by atoms with Crippen LogP contribution < -0.4 is 10.1 Å². The van der Waals surface area contributed by atoms with Gasteiger partial charge in [-0.3, -0.25) is 4.79 Å². The van der Waals surface area contributed by atoms with Crippen LogP contribution in [0.25, 0.3) is 0 Å². The van der Waals surface area contributed by atoms with Gasteiger partial charge in [0.15, 0.2) is 0 Å². The molecule has 0 bridgehead atoms. The molecule has 0 heterocycles. The molecule has 0 fully saturated rings. The zero-order valence-electron chi connectivity index (χ0n) is 12.8. The first-order valence-electron chi connectivity index (χ1n) is 7.32. The van der Waals surface area contributed by atoms with Gasteiger partial charge in [0.05, 0.1) is 5.56 Å². The second-order valence-electron chi connectivity index (χ2n) is 5.11. The zero-order chi connectivity index (χ0) is 17.8. The number of carbonyl (C=O) groups is 1. The van der Waals surface area contributed by atoms with Crippen LogP contribution >= 0.6 is 11.6 Å². The molecule has 0 aliphatic heterocycles. The van der Waals surface area contributed by atoms with Crippen LogP contribution in [0.5, 0.6) is 11.5 Å². The van der Waals surface area contributed by atoms with Crippen molar-refractivity contribution < 1.29 is 18.3 Å². The molecule has 0 aromatic heterocycles. The molecule has 0 unspecified atom stereocenters. The van der Waals surface area contributed by atoms with Gasteiger partial charge in [-0.2, -0.15) is 0 Å². The molecule has 0 spiro atoms. The summed E-state index contributed by atoms with van der Waals surface area (Å²) >= 11 is 5.91. The number of para-hydroxylation sites is 2. The zero-order valence-corrected chi connectivity index (χ0v) is 13.6. The average Bonchev–Trinajstić information content (AvgIpc) is 2.59. The second-order valence-corrected chi connectivity index (χ2v) is 5.54. The lowest BCUT2D eigenvalue weighted by Crippen LogP contribution is -2.15. The number of halogens is 3. The maximum absolute atomic E-state index is 13.7. The van der Waals surface area contributed by atoms with Crippen molar-refractivity contribution in [2.45, 2.75) is 0 Å². The predicted octanol–water partition coefficient (Wildman–Crippen LogP) is 5.66. The summed E-state index contributed by atoms with van der Waals surface area (Å²) in [4.78, 5) is 12.4. The average molecular weight is 360 g/mol. The van der Waals surface area contributed by atoms with E-state index < -0.39 is 23.2 Å². The van der Waals surface area contributed by atoms with Gasteiger partial charge in [-0.1, -0.05) is 35.9 Å². The van der Waals surface area contributed by atoms with Gasteiger partial charge in [0.1, 0.15) is 28.8 Å². The molecule has 1 amide bonds. The molecule has 126 valence electrons. The number of rotatable bonds is 4. The van der Waals surface area contributed by atoms with Crippen LogP contribution in [0.1, 0.15) is 10.4 Å². The number of hydrogen-bond acceptors (Lipinski definition) is 2. The summed E-state index contributed by atoms with van der Waals surface area (Å²) < 4.78 is 33.1. The van der Waals surface area contributed by atoms with Crippen molar-refractivity contribution in [2.75, 3.05) is 5.32 Å². The minimum Gasteiger partial charge on any atom is -0.456 e. The molecule has 0 atom stereocenters. The van der Waals surface area contributed by atoms with Crippen LogP contribution in [0.3, 0.4) is 0 Å². The van der Waals surface area contributed by atoms with Crippen molar-refractivity contribution >= 4 is 23.2 Å². The van der Waals surface area contributed by atoms with E-state index in [1.54, 1.807) is 42.5 Å². The van der Waals surface area contributed by atoms with E-state index in [0.717, 1.165) is 12.1 Å². The molecular weight excluding hydrogens is 348 g/mol. The Morgan fingerprint density at radius 2 is 1.60 bits per heavy atom. The summed E-state index contributed by atoms with van der Waals surface area (Å²) in [7, 11) is 0. The highest BCUT2D eigenvalue weighted by Crippen LogP contribution is 2.28. The lowest BCUT2D eigenvalue weighted by molar-refractivity contribution is 0.102. The Morgan fingerprint density at radius 3 is 2.32 bits per heavy atom. The van der Waals surface area contributed by atoms with Gasteiger partial charge < -0.3 is 10.1 Å². The third-order valence-corrected chi connectivity index (χ3v) is 3.59. The van der Waals surface area contributed by atoms with Gasteiger partial charge in [-0.25, -0.2) is 8.78 Å². The molecule has 0 aliphatic carbocycles. The predicted molar refractivity (Wildman–Crippen MR) is 92.3 cm³/mol. The van der Waals surface area contributed by atoms with Crippen molar-refractivity contribution in [3.05, 3.63) is 89.0 Å². The second kappa shape index (κ2) is 7.32. The van der Waals surface area contributed by atoms with E-state index in [0.29, 0.717) is 10.8 Å². The number of hydrogen-bond donors (Lipinski definition) is 1. The van der Waals surface area contributed by atoms with Crippen LogP contribution in [0.2, 0.25) is 5.02 Å². The SMILES string of the molecule is O=C(Nc1c(F)cccc1F)c1ccccc1Oc1cccc(Cl)c1. The smallest absolute Gasteiger partial charge is 0.259 e. The Morgan fingerprint density at radius 1 is 0.920 bits per heavy atom. The number of nitrogens with one attached hydrogen (secondary N) is 1. The van der Waals surface area contributed by atoms with E-state index in [1.165, 1.54) is 12.1 Å². The van der Waals surface area contributed by atoms with E-state index in [-0.39, 0.29) is 11.3 Å². The number of amides is 1. The fraction of sp³-hybridized carbons (Fsp3) is 0. The van der Waals surface area contributed by atoms with Crippen molar-refractivity contribution in [1.82, 2.24) is 0 Å². The standard InChI is InChI=1S/C19H12ClF2NO2/c20-12-5-3-6-13(11-12)25-17-10-2-1-7-14(17)19(24)23-18-15(21)8-4-9-16(18)22/h1-11H,(H,23,24). The summed E-state index contributed by atoms with van der Waals surface area (Å²) in [5.74, 6) is -1.74. The van der Waals surface area contributed by atoms with Gasteiger partial charge >= 0.3 is 0 Å². The Labute approximate surface area is 147 Å². The van der Waals surface area contributed by atoms with Crippen molar-refractivity contribution in [1.29, 1.82) is 0 Å². The minimum atomic E-state index is -0.860. The largest absolute Gasteiger partial charge is 0.456 e. The first-order chi connectivity index (χ1) is 12.0. The van der Waals surface area contributed by atoms with Crippen LogP contribution in [0, 0.1) is 11.6 Å². The molecule has 1 N–H and O–H groups in total. The van der Waals surface area contributed by atoms with Crippen molar-refractivity contribution in [3.8, 4) is 11.5 Å². The number of benzene rings is 3. The first-order valence-corrected chi connectivity index (χ1v) is 7.70. The number of carbonyl (C=O) groups excluding carboxylic acids is 1. The highest BCUT2D eigenvalue weighted by molar-refractivity contribution is 6.30. The molecule has 0 radical (unpaired) electrons. The van der Waals surface area contributed by atoms with Gasteiger partial charge in [-0.15, -0.1) is 0 Å². The van der Waals surface area contributed by atoms with Crippen LogP contribution in [-0.4, -0.2) is 5.91 Å². The van der Waals surface area contributed by atoms with E-state index in [4.69, 9.17) is 16.3 Å². The Balaban J connectivity index is 1.89.